The highest BCUT2D eigenvalue weighted by Crippen LogP contribution is 2.16. The Kier molecular flexibility index (Phi) is 5.38. The van der Waals surface area contributed by atoms with Crippen LogP contribution in [0.15, 0.2) is 48.5 Å². The minimum atomic E-state index is -0.742. The molecule has 2 aromatic rings. The van der Waals surface area contributed by atoms with Gasteiger partial charge in [-0.2, -0.15) is 0 Å². The van der Waals surface area contributed by atoms with Crippen LogP contribution in [0.3, 0.4) is 0 Å². The molecule has 2 aromatic carbocycles. The number of rotatable bonds is 7. The summed E-state index contributed by atoms with van der Waals surface area (Å²) in [6.07, 6.45) is 1.66. The Bertz CT molecular complexity index is 588. The van der Waals surface area contributed by atoms with E-state index in [1.54, 1.807) is 0 Å². The van der Waals surface area contributed by atoms with E-state index in [9.17, 15) is 4.79 Å². The lowest BCUT2D eigenvalue weighted by Gasteiger charge is -2.08. The van der Waals surface area contributed by atoms with Gasteiger partial charge >= 0.3 is 5.97 Å². The van der Waals surface area contributed by atoms with Crippen molar-refractivity contribution in [3.05, 3.63) is 65.2 Å². The maximum absolute atomic E-state index is 10.5. The molecule has 110 valence electrons. The van der Waals surface area contributed by atoms with E-state index in [-0.39, 0.29) is 6.42 Å². The van der Waals surface area contributed by atoms with Crippen LogP contribution in [0, 0.1) is 6.92 Å². The van der Waals surface area contributed by atoms with E-state index in [1.807, 2.05) is 36.4 Å². The summed E-state index contributed by atoms with van der Waals surface area (Å²) >= 11 is 0. The van der Waals surface area contributed by atoms with Gasteiger partial charge in [0.15, 0.2) is 0 Å². The number of carboxylic acid groups (broad SMARTS) is 1. The van der Waals surface area contributed by atoms with E-state index in [1.165, 1.54) is 5.56 Å². The summed E-state index contributed by atoms with van der Waals surface area (Å²) in [5.41, 5.74) is 3.52. The lowest BCUT2D eigenvalue weighted by Crippen LogP contribution is -1.97. The standard InChI is InChI=1S/C18H20O3/c1-14-4-2-6-16(12-14)13-21-17-10-8-15(9-11-17)5-3-7-18(19)20/h2,4,6,8-12H,3,5,7,13H2,1H3,(H,19,20). The van der Waals surface area contributed by atoms with Crippen molar-refractivity contribution in [1.82, 2.24) is 0 Å². The molecule has 0 bridgehead atoms. The third-order valence-corrected chi connectivity index (χ3v) is 3.27. The molecule has 3 nitrogen and oxygen atoms in total. The Hall–Kier alpha value is -2.29. The molecule has 0 aliphatic heterocycles. The highest BCUT2D eigenvalue weighted by molar-refractivity contribution is 5.66. The van der Waals surface area contributed by atoms with Crippen LogP contribution >= 0.6 is 0 Å². The fraction of sp³-hybridized carbons (Fsp3) is 0.278. The van der Waals surface area contributed by atoms with Crippen molar-refractivity contribution < 1.29 is 14.6 Å². The maximum atomic E-state index is 10.5. The van der Waals surface area contributed by atoms with Crippen LogP contribution in [0.4, 0.5) is 0 Å². The average Bonchev–Trinajstić information content (AvgIpc) is 2.46. The Morgan fingerprint density at radius 1 is 1.10 bits per heavy atom. The van der Waals surface area contributed by atoms with Crippen LogP contribution in [-0.4, -0.2) is 11.1 Å². The largest absolute Gasteiger partial charge is 0.489 e. The first kappa shape index (κ1) is 15.1. The molecule has 0 aliphatic rings. The second-order valence-electron chi connectivity index (χ2n) is 5.17. The molecule has 0 unspecified atom stereocenters. The molecule has 0 atom stereocenters. The van der Waals surface area contributed by atoms with Gasteiger partial charge in [-0.3, -0.25) is 4.79 Å². The summed E-state index contributed by atoms with van der Waals surface area (Å²) in [5, 5.41) is 8.61. The Morgan fingerprint density at radius 2 is 1.86 bits per heavy atom. The average molecular weight is 284 g/mol. The monoisotopic (exact) mass is 284 g/mol. The Labute approximate surface area is 125 Å². The van der Waals surface area contributed by atoms with Gasteiger partial charge in [0.1, 0.15) is 12.4 Å². The molecular formula is C18H20O3. The predicted molar refractivity (Wildman–Crippen MR) is 82.5 cm³/mol. The van der Waals surface area contributed by atoms with Crippen LogP contribution in [0.5, 0.6) is 5.75 Å². The zero-order chi connectivity index (χ0) is 15.1. The molecule has 21 heavy (non-hydrogen) atoms. The number of benzene rings is 2. The molecule has 0 fully saturated rings. The van der Waals surface area contributed by atoms with Gasteiger partial charge in [0.05, 0.1) is 0 Å². The third-order valence-electron chi connectivity index (χ3n) is 3.27. The van der Waals surface area contributed by atoms with Crippen molar-refractivity contribution in [2.24, 2.45) is 0 Å². The number of carboxylic acids is 1. The fourth-order valence-electron chi connectivity index (χ4n) is 2.16. The van der Waals surface area contributed by atoms with Gasteiger partial charge in [-0.05, 0) is 43.0 Å². The summed E-state index contributed by atoms with van der Waals surface area (Å²) in [6, 6.07) is 16.1. The van der Waals surface area contributed by atoms with Crippen LogP contribution in [0.1, 0.15) is 29.5 Å². The highest BCUT2D eigenvalue weighted by Gasteiger charge is 2.00. The first-order valence-electron chi connectivity index (χ1n) is 7.12. The second kappa shape index (κ2) is 7.48. The van der Waals surface area contributed by atoms with Crippen LogP contribution in [0.2, 0.25) is 0 Å². The molecule has 3 heteroatoms. The van der Waals surface area contributed by atoms with E-state index in [0.29, 0.717) is 13.0 Å². The van der Waals surface area contributed by atoms with Crippen LogP contribution in [-0.2, 0) is 17.8 Å². The summed E-state index contributed by atoms with van der Waals surface area (Å²) in [4.78, 5) is 10.5. The Morgan fingerprint density at radius 3 is 2.52 bits per heavy atom. The smallest absolute Gasteiger partial charge is 0.303 e. The summed E-state index contributed by atoms with van der Waals surface area (Å²) in [6.45, 7) is 2.62. The minimum Gasteiger partial charge on any atom is -0.489 e. The summed E-state index contributed by atoms with van der Waals surface area (Å²) < 4.78 is 5.75. The topological polar surface area (TPSA) is 46.5 Å². The molecule has 0 radical (unpaired) electrons. The third kappa shape index (κ3) is 5.30. The SMILES string of the molecule is Cc1cccc(COc2ccc(CCCC(=O)O)cc2)c1. The molecule has 0 aliphatic carbocycles. The normalized spacial score (nSPS) is 10.3. The summed E-state index contributed by atoms with van der Waals surface area (Å²) in [5.74, 6) is 0.0894. The van der Waals surface area contributed by atoms with Gasteiger partial charge in [0.25, 0.3) is 0 Å². The number of aliphatic carboxylic acids is 1. The van der Waals surface area contributed by atoms with Crippen molar-refractivity contribution in [2.45, 2.75) is 32.8 Å². The summed E-state index contributed by atoms with van der Waals surface area (Å²) in [7, 11) is 0. The van der Waals surface area contributed by atoms with Gasteiger partial charge in [0.2, 0.25) is 0 Å². The Balaban J connectivity index is 1.83. The van der Waals surface area contributed by atoms with Crippen molar-refractivity contribution in [3.63, 3.8) is 0 Å². The van der Waals surface area contributed by atoms with E-state index < -0.39 is 5.97 Å². The van der Waals surface area contributed by atoms with Gasteiger partial charge < -0.3 is 9.84 Å². The van der Waals surface area contributed by atoms with Gasteiger partial charge in [-0.1, -0.05) is 42.0 Å². The molecule has 0 saturated carbocycles. The molecule has 2 rings (SSSR count). The molecule has 0 saturated heterocycles. The number of ether oxygens (including phenoxy) is 1. The number of hydrogen-bond acceptors (Lipinski definition) is 2. The molecule has 0 spiro atoms. The molecule has 0 aromatic heterocycles. The van der Waals surface area contributed by atoms with E-state index >= 15 is 0 Å². The zero-order valence-electron chi connectivity index (χ0n) is 12.2. The number of hydrogen-bond donors (Lipinski definition) is 1. The number of aryl methyl sites for hydroxylation is 2. The fourth-order valence-corrected chi connectivity index (χ4v) is 2.16. The van der Waals surface area contributed by atoms with Crippen molar-refractivity contribution in [1.29, 1.82) is 0 Å². The first-order valence-corrected chi connectivity index (χ1v) is 7.12. The molecular weight excluding hydrogens is 264 g/mol. The van der Waals surface area contributed by atoms with Gasteiger partial charge in [0, 0.05) is 6.42 Å². The maximum Gasteiger partial charge on any atom is 0.303 e. The minimum absolute atomic E-state index is 0.214. The van der Waals surface area contributed by atoms with E-state index in [0.717, 1.165) is 23.3 Å². The molecule has 1 N–H and O–H groups in total. The molecule has 0 heterocycles. The van der Waals surface area contributed by atoms with Crippen LogP contribution in [0.25, 0.3) is 0 Å². The zero-order valence-corrected chi connectivity index (χ0v) is 12.2. The van der Waals surface area contributed by atoms with E-state index in [4.69, 9.17) is 9.84 Å². The lowest BCUT2D eigenvalue weighted by molar-refractivity contribution is -0.137. The first-order chi connectivity index (χ1) is 10.1. The molecule has 0 amide bonds. The van der Waals surface area contributed by atoms with Gasteiger partial charge in [-0.15, -0.1) is 0 Å². The van der Waals surface area contributed by atoms with Crippen LogP contribution < -0.4 is 4.74 Å². The highest BCUT2D eigenvalue weighted by atomic mass is 16.5. The van der Waals surface area contributed by atoms with E-state index in [2.05, 4.69) is 19.1 Å². The van der Waals surface area contributed by atoms with Crippen molar-refractivity contribution >= 4 is 5.97 Å². The predicted octanol–water partition coefficient (Wildman–Crippen LogP) is 3.98. The van der Waals surface area contributed by atoms with Crippen molar-refractivity contribution in [2.75, 3.05) is 0 Å². The lowest BCUT2D eigenvalue weighted by atomic mass is 10.1. The number of carbonyl (C=O) groups is 1. The van der Waals surface area contributed by atoms with Gasteiger partial charge in [-0.25, -0.2) is 0 Å². The van der Waals surface area contributed by atoms with Crippen molar-refractivity contribution in [3.8, 4) is 5.75 Å². The second-order valence-corrected chi connectivity index (χ2v) is 5.17. The quantitative estimate of drug-likeness (QED) is 0.836.